The third kappa shape index (κ3) is 3.50. The van der Waals surface area contributed by atoms with E-state index in [-0.39, 0.29) is 34.6 Å². The highest BCUT2D eigenvalue weighted by Crippen LogP contribution is 2.21. The van der Waals surface area contributed by atoms with Gasteiger partial charge in [-0.1, -0.05) is 6.07 Å². The number of nitrogen functional groups attached to an aromatic ring is 1. The Bertz CT molecular complexity index is 711. The zero-order chi connectivity index (χ0) is 15.0. The zero-order valence-electron chi connectivity index (χ0n) is 11.2. The molecule has 1 aliphatic heterocycles. The van der Waals surface area contributed by atoms with Gasteiger partial charge in [-0.05, 0) is 37.0 Å². The molecular weight excluding hydrogens is 300 g/mol. The Balaban J connectivity index is 2.08. The van der Waals surface area contributed by atoms with E-state index in [0.29, 0.717) is 6.42 Å². The average molecular weight is 318 g/mol. The number of rotatable bonds is 4. The van der Waals surface area contributed by atoms with Crippen LogP contribution in [0, 0.1) is 12.8 Å². The van der Waals surface area contributed by atoms with Gasteiger partial charge in [-0.25, -0.2) is 21.6 Å². The summed E-state index contributed by atoms with van der Waals surface area (Å²) in [5.41, 5.74) is 6.79. The number of hydrogen-bond donors (Lipinski definition) is 2. The molecule has 1 aliphatic rings. The van der Waals surface area contributed by atoms with E-state index < -0.39 is 19.9 Å². The molecule has 112 valence electrons. The van der Waals surface area contributed by atoms with Crippen LogP contribution < -0.4 is 10.5 Å². The lowest BCUT2D eigenvalue weighted by molar-refractivity contribution is 0.543. The third-order valence-electron chi connectivity index (χ3n) is 3.34. The zero-order valence-corrected chi connectivity index (χ0v) is 12.8. The van der Waals surface area contributed by atoms with Crippen molar-refractivity contribution in [2.75, 3.05) is 23.8 Å². The van der Waals surface area contributed by atoms with Crippen molar-refractivity contribution in [3.05, 3.63) is 23.8 Å². The average Bonchev–Trinajstić information content (AvgIpc) is 2.66. The summed E-state index contributed by atoms with van der Waals surface area (Å²) in [6.07, 6.45) is 0.494. The fourth-order valence-corrected chi connectivity index (χ4v) is 5.34. The maximum absolute atomic E-state index is 12.1. The van der Waals surface area contributed by atoms with E-state index in [0.717, 1.165) is 5.56 Å². The van der Waals surface area contributed by atoms with Crippen LogP contribution in [0.5, 0.6) is 0 Å². The van der Waals surface area contributed by atoms with Crippen LogP contribution in [0.15, 0.2) is 23.1 Å². The minimum absolute atomic E-state index is 0.0314. The van der Waals surface area contributed by atoms with E-state index in [1.165, 1.54) is 6.07 Å². The van der Waals surface area contributed by atoms with Crippen LogP contribution in [0.25, 0.3) is 0 Å². The normalized spacial score (nSPS) is 21.9. The van der Waals surface area contributed by atoms with Crippen LogP contribution in [0.4, 0.5) is 5.69 Å². The van der Waals surface area contributed by atoms with Crippen molar-refractivity contribution < 1.29 is 16.8 Å². The number of benzene rings is 1. The van der Waals surface area contributed by atoms with Crippen LogP contribution in [0.3, 0.4) is 0 Å². The molecule has 1 aromatic rings. The summed E-state index contributed by atoms with van der Waals surface area (Å²) < 4.78 is 49.4. The summed E-state index contributed by atoms with van der Waals surface area (Å²) in [6, 6.07) is 4.72. The Morgan fingerprint density at radius 3 is 2.65 bits per heavy atom. The molecule has 8 heteroatoms. The van der Waals surface area contributed by atoms with Gasteiger partial charge >= 0.3 is 0 Å². The Hall–Kier alpha value is -1.12. The third-order valence-corrected chi connectivity index (χ3v) is 6.68. The number of nitrogens with two attached hydrogens (primary N) is 1. The molecule has 2 rings (SSSR count). The van der Waals surface area contributed by atoms with Gasteiger partial charge < -0.3 is 5.73 Å². The van der Waals surface area contributed by atoms with Crippen molar-refractivity contribution in [2.45, 2.75) is 18.2 Å². The number of anilines is 1. The van der Waals surface area contributed by atoms with Crippen molar-refractivity contribution in [3.63, 3.8) is 0 Å². The van der Waals surface area contributed by atoms with Gasteiger partial charge in [0.25, 0.3) is 0 Å². The number of sulfonamides is 1. The molecule has 3 N–H and O–H groups in total. The van der Waals surface area contributed by atoms with Crippen LogP contribution in [0.2, 0.25) is 0 Å². The molecule has 20 heavy (non-hydrogen) atoms. The first kappa shape index (κ1) is 15.3. The molecule has 0 spiro atoms. The first-order valence-electron chi connectivity index (χ1n) is 6.26. The molecule has 1 unspecified atom stereocenters. The fraction of sp³-hybridized carbons (Fsp3) is 0.500. The van der Waals surface area contributed by atoms with Gasteiger partial charge in [0, 0.05) is 6.54 Å². The van der Waals surface area contributed by atoms with E-state index in [4.69, 9.17) is 5.73 Å². The predicted molar refractivity (Wildman–Crippen MR) is 77.5 cm³/mol. The van der Waals surface area contributed by atoms with Crippen molar-refractivity contribution in [2.24, 2.45) is 5.92 Å². The van der Waals surface area contributed by atoms with Crippen LogP contribution in [-0.4, -0.2) is 34.9 Å². The van der Waals surface area contributed by atoms with E-state index >= 15 is 0 Å². The minimum Gasteiger partial charge on any atom is -0.398 e. The highest BCUT2D eigenvalue weighted by atomic mass is 32.2. The molecule has 0 aliphatic carbocycles. The van der Waals surface area contributed by atoms with Gasteiger partial charge in [-0.2, -0.15) is 0 Å². The van der Waals surface area contributed by atoms with E-state index in [1.54, 1.807) is 12.1 Å². The quantitative estimate of drug-likeness (QED) is 0.776. The SMILES string of the molecule is Cc1ccc(S(=O)(=O)NCC2CCS(=O)(=O)C2)c(N)c1. The first-order valence-corrected chi connectivity index (χ1v) is 9.56. The Labute approximate surface area is 119 Å². The van der Waals surface area contributed by atoms with E-state index in [9.17, 15) is 16.8 Å². The summed E-state index contributed by atoms with van der Waals surface area (Å²) in [6.45, 7) is 1.94. The lowest BCUT2D eigenvalue weighted by Crippen LogP contribution is -2.30. The highest BCUT2D eigenvalue weighted by molar-refractivity contribution is 7.91. The van der Waals surface area contributed by atoms with Crippen LogP contribution in [0.1, 0.15) is 12.0 Å². The molecule has 1 fully saturated rings. The monoisotopic (exact) mass is 318 g/mol. The highest BCUT2D eigenvalue weighted by Gasteiger charge is 2.29. The second-order valence-corrected chi connectivity index (χ2v) is 9.13. The molecule has 1 atom stereocenters. The second kappa shape index (κ2) is 5.34. The summed E-state index contributed by atoms with van der Waals surface area (Å²) >= 11 is 0. The number of hydrogen-bond acceptors (Lipinski definition) is 5. The predicted octanol–water partition coefficient (Wildman–Crippen LogP) is 0.290. The van der Waals surface area contributed by atoms with Crippen molar-refractivity contribution >= 4 is 25.5 Å². The Morgan fingerprint density at radius 2 is 2.10 bits per heavy atom. The van der Waals surface area contributed by atoms with E-state index in [2.05, 4.69) is 4.72 Å². The second-order valence-electron chi connectivity index (χ2n) is 5.16. The number of aryl methyl sites for hydroxylation is 1. The molecule has 0 saturated carbocycles. The molecule has 1 heterocycles. The van der Waals surface area contributed by atoms with Gasteiger partial charge in [-0.15, -0.1) is 0 Å². The number of nitrogens with one attached hydrogen (secondary N) is 1. The maximum Gasteiger partial charge on any atom is 0.242 e. The van der Waals surface area contributed by atoms with Gasteiger partial charge in [0.1, 0.15) is 4.90 Å². The summed E-state index contributed by atoms with van der Waals surface area (Å²) in [4.78, 5) is 0.0314. The molecular formula is C12H18N2O4S2. The Morgan fingerprint density at radius 1 is 1.40 bits per heavy atom. The van der Waals surface area contributed by atoms with Crippen molar-refractivity contribution in [1.29, 1.82) is 0 Å². The van der Waals surface area contributed by atoms with Crippen molar-refractivity contribution in [1.82, 2.24) is 4.72 Å². The standard InChI is InChI=1S/C12H18N2O4S2/c1-9-2-3-12(11(13)6-9)20(17,18)14-7-10-4-5-19(15,16)8-10/h2-3,6,10,14H,4-5,7-8,13H2,1H3. The number of sulfone groups is 1. The van der Waals surface area contributed by atoms with Gasteiger partial charge in [-0.3, -0.25) is 0 Å². The molecule has 6 nitrogen and oxygen atoms in total. The smallest absolute Gasteiger partial charge is 0.242 e. The first-order chi connectivity index (χ1) is 9.20. The topological polar surface area (TPSA) is 106 Å². The van der Waals surface area contributed by atoms with E-state index in [1.807, 2.05) is 6.92 Å². The summed E-state index contributed by atoms with van der Waals surface area (Å²) in [7, 11) is -6.70. The molecule has 0 amide bonds. The largest absolute Gasteiger partial charge is 0.398 e. The van der Waals surface area contributed by atoms with Gasteiger partial charge in [0.05, 0.1) is 17.2 Å². The van der Waals surface area contributed by atoms with Crippen molar-refractivity contribution in [3.8, 4) is 0 Å². The maximum atomic E-state index is 12.1. The lowest BCUT2D eigenvalue weighted by atomic mass is 10.1. The van der Waals surface area contributed by atoms with Gasteiger partial charge in [0.15, 0.2) is 9.84 Å². The summed E-state index contributed by atoms with van der Waals surface area (Å²) in [5.74, 6) is 0.00627. The van der Waals surface area contributed by atoms with Gasteiger partial charge in [0.2, 0.25) is 10.0 Å². The Kier molecular flexibility index (Phi) is 4.08. The minimum atomic E-state index is -3.70. The molecule has 1 saturated heterocycles. The molecule has 0 aromatic heterocycles. The molecule has 0 radical (unpaired) electrons. The van der Waals surface area contributed by atoms with Crippen LogP contribution in [-0.2, 0) is 19.9 Å². The molecule has 1 aromatic carbocycles. The molecule has 0 bridgehead atoms. The lowest BCUT2D eigenvalue weighted by Gasteiger charge is -2.12. The fourth-order valence-electron chi connectivity index (χ4n) is 2.25. The van der Waals surface area contributed by atoms with Crippen LogP contribution >= 0.6 is 0 Å². The summed E-state index contributed by atoms with van der Waals surface area (Å²) in [5, 5.41) is 0.